The molecule has 170 valence electrons. The third kappa shape index (κ3) is 3.84. The normalized spacial score (nSPS) is 14.7. The van der Waals surface area contributed by atoms with Gasteiger partial charge in [-0.3, -0.25) is 19.7 Å². The van der Waals surface area contributed by atoms with E-state index in [4.69, 9.17) is 18.9 Å². The third-order valence-electron chi connectivity index (χ3n) is 4.95. The number of nitro groups is 1. The average molecular weight is 445 g/mol. The van der Waals surface area contributed by atoms with Crippen molar-refractivity contribution in [3.8, 4) is 23.0 Å². The van der Waals surface area contributed by atoms with Crippen LogP contribution in [-0.2, 0) is 4.79 Å². The fraction of sp³-hybridized carbons (Fsp3) is 0.333. The van der Waals surface area contributed by atoms with Crippen molar-refractivity contribution in [3.05, 3.63) is 46.0 Å². The fourth-order valence-corrected chi connectivity index (χ4v) is 3.47. The Hall–Kier alpha value is -4.02. The molecule has 0 spiro atoms. The second kappa shape index (κ2) is 9.00. The molecule has 0 radical (unpaired) electrons. The van der Waals surface area contributed by atoms with Crippen LogP contribution in [0.5, 0.6) is 23.0 Å². The van der Waals surface area contributed by atoms with E-state index in [2.05, 4.69) is 0 Å². The number of nitro benzene ring substituents is 1. The van der Waals surface area contributed by atoms with E-state index in [1.165, 1.54) is 37.2 Å². The smallest absolute Gasteiger partial charge is 0.327 e. The Morgan fingerprint density at radius 1 is 1.12 bits per heavy atom. The van der Waals surface area contributed by atoms with Crippen molar-refractivity contribution in [1.82, 2.24) is 4.90 Å². The fourth-order valence-electron chi connectivity index (χ4n) is 3.47. The van der Waals surface area contributed by atoms with Crippen LogP contribution >= 0.6 is 0 Å². The van der Waals surface area contributed by atoms with Crippen molar-refractivity contribution >= 4 is 23.2 Å². The predicted octanol–water partition coefficient (Wildman–Crippen LogP) is 2.12. The second-order valence-electron chi connectivity index (χ2n) is 7.02. The molecule has 0 unspecified atom stereocenters. The first-order valence-corrected chi connectivity index (χ1v) is 9.51. The number of hydrogen-bond donors (Lipinski definition) is 0. The van der Waals surface area contributed by atoms with Crippen molar-refractivity contribution in [2.24, 2.45) is 0 Å². The molecule has 1 aliphatic heterocycles. The van der Waals surface area contributed by atoms with E-state index in [0.717, 1.165) is 0 Å². The van der Waals surface area contributed by atoms with Gasteiger partial charge in [-0.25, -0.2) is 0 Å². The lowest BCUT2D eigenvalue weighted by atomic mass is 10.1. The van der Waals surface area contributed by atoms with Crippen molar-refractivity contribution in [2.75, 3.05) is 46.9 Å². The van der Waals surface area contributed by atoms with Gasteiger partial charge in [-0.2, -0.15) is 0 Å². The molecule has 1 atom stereocenters. The monoisotopic (exact) mass is 445 g/mol. The van der Waals surface area contributed by atoms with Gasteiger partial charge < -0.3 is 28.7 Å². The number of hydrogen-bond acceptors (Lipinski definition) is 8. The number of amides is 2. The van der Waals surface area contributed by atoms with Crippen molar-refractivity contribution in [3.63, 3.8) is 0 Å². The Bertz CT molecular complexity index is 1070. The molecular formula is C21H23N3O8. The first kappa shape index (κ1) is 22.7. The van der Waals surface area contributed by atoms with Gasteiger partial charge >= 0.3 is 5.69 Å². The van der Waals surface area contributed by atoms with Crippen molar-refractivity contribution in [2.45, 2.75) is 6.10 Å². The number of methoxy groups -OCH3 is 3. The molecule has 32 heavy (non-hydrogen) atoms. The maximum absolute atomic E-state index is 13.7. The number of rotatable bonds is 6. The summed E-state index contributed by atoms with van der Waals surface area (Å²) in [5.41, 5.74) is -0.477. The van der Waals surface area contributed by atoms with Gasteiger partial charge in [0.1, 0.15) is 11.3 Å². The molecule has 0 N–H and O–H groups in total. The Labute approximate surface area is 184 Å². The van der Waals surface area contributed by atoms with Gasteiger partial charge in [-0.1, -0.05) is 12.1 Å². The molecule has 1 aliphatic rings. The van der Waals surface area contributed by atoms with Gasteiger partial charge in [0.25, 0.3) is 11.8 Å². The topological polar surface area (TPSA) is 121 Å². The first-order chi connectivity index (χ1) is 15.2. The largest absolute Gasteiger partial charge is 0.493 e. The number of nitrogens with zero attached hydrogens (tertiary/aromatic N) is 3. The molecule has 11 heteroatoms. The number of carbonyl (C=O) groups is 2. The summed E-state index contributed by atoms with van der Waals surface area (Å²) >= 11 is 0. The highest BCUT2D eigenvalue weighted by molar-refractivity contribution is 6.11. The SMILES string of the molecule is COc1cc(C(=O)N2C[C@@H](C(=O)N(C)C)Oc3ccccc32)c([N+](=O)[O-])c(OC)c1OC. The molecule has 0 bridgehead atoms. The first-order valence-electron chi connectivity index (χ1n) is 9.51. The molecular weight excluding hydrogens is 422 g/mol. The Kier molecular flexibility index (Phi) is 6.37. The van der Waals surface area contributed by atoms with Crippen LogP contribution in [0.25, 0.3) is 0 Å². The zero-order valence-corrected chi connectivity index (χ0v) is 18.3. The zero-order chi connectivity index (χ0) is 23.6. The van der Waals surface area contributed by atoms with Gasteiger partial charge in [0.15, 0.2) is 11.9 Å². The summed E-state index contributed by atoms with van der Waals surface area (Å²) in [5.74, 6) is -0.938. The van der Waals surface area contributed by atoms with Crippen LogP contribution in [0, 0.1) is 10.1 Å². The van der Waals surface area contributed by atoms with E-state index in [-0.39, 0.29) is 35.3 Å². The van der Waals surface area contributed by atoms with E-state index in [1.807, 2.05) is 0 Å². The molecule has 3 rings (SSSR count). The van der Waals surface area contributed by atoms with Crippen LogP contribution in [0.15, 0.2) is 30.3 Å². The lowest BCUT2D eigenvalue weighted by Gasteiger charge is -2.35. The van der Waals surface area contributed by atoms with Crippen LogP contribution in [0.4, 0.5) is 11.4 Å². The molecule has 2 aromatic carbocycles. The summed E-state index contributed by atoms with van der Waals surface area (Å²) in [6.07, 6.45) is -0.982. The van der Waals surface area contributed by atoms with E-state index in [0.29, 0.717) is 11.4 Å². The van der Waals surface area contributed by atoms with E-state index >= 15 is 0 Å². The summed E-state index contributed by atoms with van der Waals surface area (Å²) < 4.78 is 21.5. The Morgan fingerprint density at radius 2 is 1.78 bits per heavy atom. The van der Waals surface area contributed by atoms with E-state index in [9.17, 15) is 19.7 Å². The molecule has 0 aromatic heterocycles. The maximum Gasteiger partial charge on any atom is 0.327 e. The summed E-state index contributed by atoms with van der Waals surface area (Å²) in [5, 5.41) is 11.9. The summed E-state index contributed by atoms with van der Waals surface area (Å²) in [6, 6.07) is 7.87. The van der Waals surface area contributed by atoms with Crippen molar-refractivity contribution in [1.29, 1.82) is 0 Å². The molecule has 2 amide bonds. The minimum atomic E-state index is -0.982. The number of ether oxygens (including phenoxy) is 4. The van der Waals surface area contributed by atoms with Gasteiger partial charge in [0.05, 0.1) is 38.5 Å². The van der Waals surface area contributed by atoms with Crippen LogP contribution < -0.4 is 23.8 Å². The molecule has 0 aliphatic carbocycles. The molecule has 0 saturated heterocycles. The van der Waals surface area contributed by atoms with Gasteiger partial charge in [0.2, 0.25) is 11.5 Å². The molecule has 0 saturated carbocycles. The summed E-state index contributed by atoms with van der Waals surface area (Å²) in [7, 11) is 7.02. The van der Waals surface area contributed by atoms with Gasteiger partial charge in [-0.05, 0) is 12.1 Å². The zero-order valence-electron chi connectivity index (χ0n) is 18.3. The second-order valence-corrected chi connectivity index (χ2v) is 7.02. The van der Waals surface area contributed by atoms with E-state index < -0.39 is 22.6 Å². The molecule has 1 heterocycles. The highest BCUT2D eigenvalue weighted by Crippen LogP contribution is 2.47. The quantitative estimate of drug-likeness (QED) is 0.490. The molecule has 2 aromatic rings. The van der Waals surface area contributed by atoms with Crippen molar-refractivity contribution < 1.29 is 33.5 Å². The van der Waals surface area contributed by atoms with Crippen LogP contribution in [0.2, 0.25) is 0 Å². The van der Waals surface area contributed by atoms with Crippen LogP contribution in [0.3, 0.4) is 0 Å². The number of carbonyl (C=O) groups excluding carboxylic acids is 2. The highest BCUT2D eigenvalue weighted by atomic mass is 16.6. The van der Waals surface area contributed by atoms with Gasteiger partial charge in [0, 0.05) is 20.2 Å². The summed E-state index contributed by atoms with van der Waals surface area (Å²) in [6.45, 7) is -0.138. The average Bonchev–Trinajstić information content (AvgIpc) is 2.80. The number of fused-ring (bicyclic) bond motifs is 1. The Balaban J connectivity index is 2.19. The van der Waals surface area contributed by atoms with E-state index in [1.54, 1.807) is 38.4 Å². The number of para-hydroxylation sites is 2. The lowest BCUT2D eigenvalue weighted by Crippen LogP contribution is -2.50. The van der Waals surface area contributed by atoms with Crippen LogP contribution in [-0.4, -0.2) is 69.7 Å². The molecule has 11 nitrogen and oxygen atoms in total. The minimum absolute atomic E-state index is 0.0127. The Morgan fingerprint density at radius 3 is 2.34 bits per heavy atom. The number of anilines is 1. The minimum Gasteiger partial charge on any atom is -0.493 e. The highest BCUT2D eigenvalue weighted by Gasteiger charge is 2.39. The molecule has 0 fully saturated rings. The lowest BCUT2D eigenvalue weighted by molar-refractivity contribution is -0.386. The number of likely N-dealkylation sites (N-methyl/N-ethyl adjacent to an activating group) is 1. The van der Waals surface area contributed by atoms with Crippen LogP contribution in [0.1, 0.15) is 10.4 Å². The standard InChI is InChI=1S/C21H23N3O8/c1-22(2)21(26)16-11-23(13-8-6-7-9-14(13)32-16)20(25)12-10-15(29-3)18(30-4)19(31-5)17(12)24(27)28/h6-10,16H,11H2,1-5H3/t16-/m0/s1. The maximum atomic E-state index is 13.7. The van der Waals surface area contributed by atoms with Gasteiger partial charge in [-0.15, -0.1) is 0 Å². The third-order valence-corrected chi connectivity index (χ3v) is 4.95. The summed E-state index contributed by atoms with van der Waals surface area (Å²) in [4.78, 5) is 40.1. The predicted molar refractivity (Wildman–Crippen MR) is 114 cm³/mol. The number of benzene rings is 2.